The third kappa shape index (κ3) is 3.00. The molecule has 104 valence electrons. The zero-order chi connectivity index (χ0) is 14.7. The number of phenolic OH excluding ortho intramolecular Hbond substituents is 1. The number of anilines is 3. The minimum atomic E-state index is -0.352. The van der Waals surface area contributed by atoms with Crippen molar-refractivity contribution in [3.05, 3.63) is 48.0 Å². The maximum absolute atomic E-state index is 12.2. The van der Waals surface area contributed by atoms with Crippen LogP contribution in [0.15, 0.2) is 42.5 Å². The van der Waals surface area contributed by atoms with Gasteiger partial charge in [-0.1, -0.05) is 6.07 Å². The summed E-state index contributed by atoms with van der Waals surface area (Å²) < 4.78 is 0. The standard InChI is InChI=1S/C15H17N3O2/c1-18(2)11-5-3-4-10(8-11)17-15(20)13-9-12(19)6-7-14(13)16/h3-9,19H,16H2,1-2H3,(H,17,20). The second-order valence-electron chi connectivity index (χ2n) is 4.67. The lowest BCUT2D eigenvalue weighted by atomic mass is 10.1. The average molecular weight is 271 g/mol. The monoisotopic (exact) mass is 271 g/mol. The van der Waals surface area contributed by atoms with Gasteiger partial charge in [-0.05, 0) is 36.4 Å². The van der Waals surface area contributed by atoms with E-state index >= 15 is 0 Å². The molecule has 0 radical (unpaired) electrons. The summed E-state index contributed by atoms with van der Waals surface area (Å²) in [6.45, 7) is 0. The summed E-state index contributed by atoms with van der Waals surface area (Å²) >= 11 is 0. The molecule has 4 N–H and O–H groups in total. The van der Waals surface area contributed by atoms with Crippen LogP contribution in [0.25, 0.3) is 0 Å². The van der Waals surface area contributed by atoms with Crippen LogP contribution in [-0.4, -0.2) is 25.1 Å². The molecule has 0 saturated carbocycles. The molecule has 0 bridgehead atoms. The number of carbonyl (C=O) groups excluding carboxylic acids is 1. The van der Waals surface area contributed by atoms with Crippen LogP contribution in [-0.2, 0) is 0 Å². The van der Waals surface area contributed by atoms with Gasteiger partial charge in [0.1, 0.15) is 5.75 Å². The summed E-state index contributed by atoms with van der Waals surface area (Å²) in [5.74, 6) is -0.347. The van der Waals surface area contributed by atoms with Gasteiger partial charge in [-0.15, -0.1) is 0 Å². The van der Waals surface area contributed by atoms with Crippen molar-refractivity contribution in [2.75, 3.05) is 30.0 Å². The normalized spacial score (nSPS) is 10.1. The van der Waals surface area contributed by atoms with Gasteiger partial charge in [0, 0.05) is 31.2 Å². The molecule has 0 unspecified atom stereocenters. The van der Waals surface area contributed by atoms with E-state index in [0.717, 1.165) is 5.69 Å². The first-order valence-corrected chi connectivity index (χ1v) is 6.14. The van der Waals surface area contributed by atoms with Crippen molar-refractivity contribution in [1.82, 2.24) is 0 Å². The van der Waals surface area contributed by atoms with Crippen LogP contribution in [0.1, 0.15) is 10.4 Å². The van der Waals surface area contributed by atoms with Crippen LogP contribution in [0, 0.1) is 0 Å². The van der Waals surface area contributed by atoms with Crippen molar-refractivity contribution in [2.45, 2.75) is 0 Å². The van der Waals surface area contributed by atoms with Crippen molar-refractivity contribution in [3.63, 3.8) is 0 Å². The Morgan fingerprint density at radius 1 is 1.20 bits per heavy atom. The highest BCUT2D eigenvalue weighted by molar-refractivity contribution is 6.08. The van der Waals surface area contributed by atoms with E-state index in [0.29, 0.717) is 11.4 Å². The molecular weight excluding hydrogens is 254 g/mol. The van der Waals surface area contributed by atoms with E-state index in [1.165, 1.54) is 18.2 Å². The lowest BCUT2D eigenvalue weighted by molar-refractivity contribution is 0.102. The summed E-state index contributed by atoms with van der Waals surface area (Å²) in [6, 6.07) is 11.7. The number of hydrogen-bond acceptors (Lipinski definition) is 4. The fourth-order valence-electron chi connectivity index (χ4n) is 1.80. The average Bonchev–Trinajstić information content (AvgIpc) is 2.41. The molecular formula is C15H17N3O2. The second kappa shape index (κ2) is 5.52. The van der Waals surface area contributed by atoms with E-state index in [-0.39, 0.29) is 17.2 Å². The maximum atomic E-state index is 12.2. The number of nitrogens with zero attached hydrogens (tertiary/aromatic N) is 1. The van der Waals surface area contributed by atoms with Crippen LogP contribution in [0.2, 0.25) is 0 Å². The predicted octanol–water partition coefficient (Wildman–Crippen LogP) is 2.29. The highest BCUT2D eigenvalue weighted by Gasteiger charge is 2.11. The van der Waals surface area contributed by atoms with E-state index in [1.807, 2.05) is 37.2 Å². The van der Waals surface area contributed by atoms with E-state index in [4.69, 9.17) is 5.73 Å². The Hall–Kier alpha value is -2.69. The van der Waals surface area contributed by atoms with Crippen molar-refractivity contribution >= 4 is 23.0 Å². The number of benzene rings is 2. The largest absolute Gasteiger partial charge is 0.508 e. The van der Waals surface area contributed by atoms with Gasteiger partial charge in [-0.25, -0.2) is 0 Å². The van der Waals surface area contributed by atoms with E-state index in [9.17, 15) is 9.90 Å². The highest BCUT2D eigenvalue weighted by Crippen LogP contribution is 2.21. The van der Waals surface area contributed by atoms with Crippen molar-refractivity contribution in [2.24, 2.45) is 0 Å². The van der Waals surface area contributed by atoms with Gasteiger partial charge < -0.3 is 21.1 Å². The topological polar surface area (TPSA) is 78.6 Å². The van der Waals surface area contributed by atoms with E-state index in [1.54, 1.807) is 6.07 Å². The van der Waals surface area contributed by atoms with Gasteiger partial charge in [0.2, 0.25) is 0 Å². The predicted molar refractivity (Wildman–Crippen MR) is 81.2 cm³/mol. The summed E-state index contributed by atoms with van der Waals surface area (Å²) in [7, 11) is 3.85. The van der Waals surface area contributed by atoms with Crippen molar-refractivity contribution < 1.29 is 9.90 Å². The summed E-state index contributed by atoms with van der Waals surface area (Å²) in [5, 5.41) is 12.2. The molecule has 0 saturated heterocycles. The van der Waals surface area contributed by atoms with E-state index < -0.39 is 0 Å². The van der Waals surface area contributed by atoms with Crippen LogP contribution in [0.4, 0.5) is 17.1 Å². The molecule has 0 aliphatic rings. The molecule has 0 spiro atoms. The molecule has 0 heterocycles. The summed E-state index contributed by atoms with van der Waals surface area (Å²) in [6.07, 6.45) is 0. The zero-order valence-corrected chi connectivity index (χ0v) is 11.4. The van der Waals surface area contributed by atoms with Crippen LogP contribution in [0.3, 0.4) is 0 Å². The number of amides is 1. The third-order valence-electron chi connectivity index (χ3n) is 2.90. The summed E-state index contributed by atoms with van der Waals surface area (Å²) in [4.78, 5) is 14.1. The van der Waals surface area contributed by atoms with Gasteiger partial charge in [0.25, 0.3) is 5.91 Å². The lowest BCUT2D eigenvalue weighted by Gasteiger charge is -2.14. The number of carbonyl (C=O) groups is 1. The molecule has 0 fully saturated rings. The molecule has 5 nitrogen and oxygen atoms in total. The Kier molecular flexibility index (Phi) is 3.79. The minimum absolute atomic E-state index is 0.00592. The Bertz CT molecular complexity index is 639. The highest BCUT2D eigenvalue weighted by atomic mass is 16.3. The Morgan fingerprint density at radius 2 is 1.95 bits per heavy atom. The molecule has 0 aromatic heterocycles. The van der Waals surface area contributed by atoms with Crippen LogP contribution < -0.4 is 16.0 Å². The summed E-state index contributed by atoms with van der Waals surface area (Å²) in [5.41, 5.74) is 7.96. The lowest BCUT2D eigenvalue weighted by Crippen LogP contribution is -2.15. The second-order valence-corrected chi connectivity index (χ2v) is 4.67. The fraction of sp³-hybridized carbons (Fsp3) is 0.133. The number of nitrogens with two attached hydrogens (primary N) is 1. The maximum Gasteiger partial charge on any atom is 0.257 e. The first-order chi connectivity index (χ1) is 9.47. The fourth-order valence-corrected chi connectivity index (χ4v) is 1.80. The van der Waals surface area contributed by atoms with Crippen LogP contribution in [0.5, 0.6) is 5.75 Å². The number of phenols is 1. The van der Waals surface area contributed by atoms with Gasteiger partial charge in [0.05, 0.1) is 5.56 Å². The minimum Gasteiger partial charge on any atom is -0.508 e. The molecule has 0 aliphatic carbocycles. The number of rotatable bonds is 3. The van der Waals surface area contributed by atoms with E-state index in [2.05, 4.69) is 5.32 Å². The molecule has 5 heteroatoms. The SMILES string of the molecule is CN(C)c1cccc(NC(=O)c2cc(O)ccc2N)c1. The molecule has 1 amide bonds. The van der Waals surface area contributed by atoms with Crippen molar-refractivity contribution in [1.29, 1.82) is 0 Å². The number of hydrogen-bond donors (Lipinski definition) is 3. The first kappa shape index (κ1) is 13.7. The molecule has 2 aromatic rings. The Morgan fingerprint density at radius 3 is 2.65 bits per heavy atom. The van der Waals surface area contributed by atoms with Gasteiger partial charge in [0.15, 0.2) is 0 Å². The van der Waals surface area contributed by atoms with Gasteiger partial charge in [-0.2, -0.15) is 0 Å². The first-order valence-electron chi connectivity index (χ1n) is 6.14. The number of nitrogens with one attached hydrogen (secondary N) is 1. The molecule has 2 rings (SSSR count). The van der Waals surface area contributed by atoms with Crippen LogP contribution >= 0.6 is 0 Å². The zero-order valence-electron chi connectivity index (χ0n) is 11.4. The third-order valence-corrected chi connectivity index (χ3v) is 2.90. The van der Waals surface area contributed by atoms with Gasteiger partial charge in [-0.3, -0.25) is 4.79 Å². The number of nitrogen functional groups attached to an aromatic ring is 1. The Labute approximate surface area is 117 Å². The Balaban J connectivity index is 2.23. The van der Waals surface area contributed by atoms with Crippen molar-refractivity contribution in [3.8, 4) is 5.75 Å². The quantitative estimate of drug-likeness (QED) is 0.591. The smallest absolute Gasteiger partial charge is 0.257 e. The molecule has 0 aliphatic heterocycles. The molecule has 2 aromatic carbocycles. The van der Waals surface area contributed by atoms with Gasteiger partial charge >= 0.3 is 0 Å². The molecule has 0 atom stereocenters. The number of aromatic hydroxyl groups is 1. The molecule has 20 heavy (non-hydrogen) atoms.